The molecule has 24 heavy (non-hydrogen) atoms. The molecule has 1 heterocycles. The predicted molar refractivity (Wildman–Crippen MR) is 92.5 cm³/mol. The second-order valence-electron chi connectivity index (χ2n) is 4.81. The molecule has 1 aromatic heterocycles. The van der Waals surface area contributed by atoms with E-state index in [4.69, 9.17) is 0 Å². The smallest absolute Gasteiger partial charge is 0.321 e. The van der Waals surface area contributed by atoms with Gasteiger partial charge < -0.3 is 9.88 Å². The number of hydrogen-bond donors (Lipinski definition) is 2. The number of rotatable bonds is 7. The normalized spacial score (nSPS) is 11.5. The van der Waals surface area contributed by atoms with E-state index in [9.17, 15) is 9.59 Å². The van der Waals surface area contributed by atoms with Crippen LogP contribution in [0, 0.1) is 0 Å². The molecule has 2 rings (SSSR count). The van der Waals surface area contributed by atoms with Gasteiger partial charge in [0, 0.05) is 13.1 Å². The minimum atomic E-state index is -0.624. The maximum absolute atomic E-state index is 12.6. The van der Waals surface area contributed by atoms with Gasteiger partial charge in [-0.1, -0.05) is 48.2 Å². The highest BCUT2D eigenvalue weighted by atomic mass is 32.2. The fourth-order valence-electron chi connectivity index (χ4n) is 1.99. The van der Waals surface area contributed by atoms with Crippen LogP contribution in [0.15, 0.2) is 54.5 Å². The van der Waals surface area contributed by atoms with E-state index in [1.807, 2.05) is 30.3 Å². The van der Waals surface area contributed by atoms with Crippen LogP contribution in [-0.2, 0) is 11.3 Å². The molecular formula is C16H19N5O2S. The first-order valence-corrected chi connectivity index (χ1v) is 8.32. The first kappa shape index (κ1) is 17.7. The van der Waals surface area contributed by atoms with E-state index < -0.39 is 17.2 Å². The Morgan fingerprint density at radius 3 is 2.79 bits per heavy atom. The van der Waals surface area contributed by atoms with Crippen LogP contribution in [0.1, 0.15) is 17.7 Å². The highest BCUT2D eigenvalue weighted by molar-refractivity contribution is 8.00. The number of amides is 3. The molecule has 1 atom stereocenters. The Hall–Kier alpha value is -2.61. The fraction of sp³-hybridized carbons (Fsp3) is 0.250. The van der Waals surface area contributed by atoms with Crippen molar-refractivity contribution in [1.82, 2.24) is 25.4 Å². The molecule has 7 nitrogen and oxygen atoms in total. The summed E-state index contributed by atoms with van der Waals surface area (Å²) in [5.74, 6) is -0.412. The molecule has 2 N–H and O–H groups in total. The van der Waals surface area contributed by atoms with Crippen molar-refractivity contribution in [2.24, 2.45) is 0 Å². The number of urea groups is 1. The number of nitrogens with one attached hydrogen (secondary N) is 2. The zero-order chi connectivity index (χ0) is 17.4. The maximum Gasteiger partial charge on any atom is 0.321 e. The highest BCUT2D eigenvalue weighted by Gasteiger charge is 2.25. The standard InChI is InChI=1S/C16H19N5O2S/c1-3-10-21-11-18-20-16(21)24-13(12-8-6-5-7-9-12)14(22)19-15(23)17-4-2/h3,5-9,11,13H,1,4,10H2,2H3,(H2,17,19,22,23)/t13-/m0/s1. The van der Waals surface area contributed by atoms with Crippen LogP contribution in [0.3, 0.4) is 0 Å². The predicted octanol–water partition coefficient (Wildman–Crippen LogP) is 2.14. The number of hydrogen-bond acceptors (Lipinski definition) is 5. The third-order valence-corrected chi connectivity index (χ3v) is 4.29. The third-order valence-electron chi connectivity index (χ3n) is 3.04. The second kappa shape index (κ2) is 8.88. The Morgan fingerprint density at radius 2 is 2.12 bits per heavy atom. The zero-order valence-corrected chi connectivity index (χ0v) is 14.1. The van der Waals surface area contributed by atoms with Gasteiger partial charge in [0.1, 0.15) is 11.6 Å². The van der Waals surface area contributed by atoms with E-state index in [-0.39, 0.29) is 0 Å². The Balaban J connectivity index is 2.23. The van der Waals surface area contributed by atoms with Gasteiger partial charge in [-0.3, -0.25) is 10.1 Å². The van der Waals surface area contributed by atoms with Gasteiger partial charge in [-0.05, 0) is 12.5 Å². The topological polar surface area (TPSA) is 88.9 Å². The fourth-order valence-corrected chi connectivity index (χ4v) is 3.01. The summed E-state index contributed by atoms with van der Waals surface area (Å²) < 4.78 is 1.78. The molecule has 0 bridgehead atoms. The van der Waals surface area contributed by atoms with Gasteiger partial charge in [0.15, 0.2) is 5.16 Å². The molecule has 0 unspecified atom stereocenters. The zero-order valence-electron chi connectivity index (χ0n) is 13.3. The SMILES string of the molecule is C=CCn1cnnc1S[C@H](C(=O)NC(=O)NCC)c1ccccc1. The van der Waals surface area contributed by atoms with Crippen molar-refractivity contribution in [2.45, 2.75) is 23.9 Å². The number of nitrogens with zero attached hydrogens (tertiary/aromatic N) is 3. The van der Waals surface area contributed by atoms with Crippen LogP contribution in [0.25, 0.3) is 0 Å². The average molecular weight is 345 g/mol. The summed E-state index contributed by atoms with van der Waals surface area (Å²) in [6.07, 6.45) is 3.30. The Kier molecular flexibility index (Phi) is 6.56. The molecule has 0 saturated carbocycles. The van der Waals surface area contributed by atoms with E-state index in [0.29, 0.717) is 18.2 Å². The Bertz CT molecular complexity index is 702. The van der Waals surface area contributed by atoms with Gasteiger partial charge in [0.2, 0.25) is 5.91 Å². The van der Waals surface area contributed by atoms with Crippen LogP contribution in [0.4, 0.5) is 4.79 Å². The molecule has 0 radical (unpaired) electrons. The lowest BCUT2D eigenvalue weighted by atomic mass is 10.1. The lowest BCUT2D eigenvalue weighted by Crippen LogP contribution is -2.41. The molecule has 0 aliphatic carbocycles. The molecule has 2 aromatic rings. The van der Waals surface area contributed by atoms with Crippen LogP contribution >= 0.6 is 11.8 Å². The molecule has 0 aliphatic rings. The van der Waals surface area contributed by atoms with Gasteiger partial charge >= 0.3 is 6.03 Å². The minimum absolute atomic E-state index is 0.412. The average Bonchev–Trinajstić information content (AvgIpc) is 3.01. The maximum atomic E-state index is 12.6. The molecule has 0 aliphatic heterocycles. The lowest BCUT2D eigenvalue weighted by molar-refractivity contribution is -0.119. The molecule has 0 fully saturated rings. The summed E-state index contributed by atoms with van der Waals surface area (Å²) in [6, 6.07) is 8.71. The van der Waals surface area contributed by atoms with Crippen LogP contribution in [0.2, 0.25) is 0 Å². The van der Waals surface area contributed by atoms with Gasteiger partial charge in [-0.2, -0.15) is 0 Å². The van der Waals surface area contributed by atoms with Crippen molar-refractivity contribution in [3.05, 3.63) is 54.9 Å². The van der Waals surface area contributed by atoms with Gasteiger partial charge in [-0.25, -0.2) is 4.79 Å². The Morgan fingerprint density at radius 1 is 1.38 bits per heavy atom. The largest absolute Gasteiger partial charge is 0.338 e. The number of carbonyl (C=O) groups is 2. The summed E-state index contributed by atoms with van der Waals surface area (Å²) in [4.78, 5) is 24.2. The summed E-state index contributed by atoms with van der Waals surface area (Å²) in [7, 11) is 0. The van der Waals surface area contributed by atoms with E-state index in [0.717, 1.165) is 5.56 Å². The number of imide groups is 1. The van der Waals surface area contributed by atoms with Crippen molar-refractivity contribution >= 4 is 23.7 Å². The van der Waals surface area contributed by atoms with Gasteiger partial charge in [-0.15, -0.1) is 16.8 Å². The van der Waals surface area contributed by atoms with Crippen LogP contribution < -0.4 is 10.6 Å². The van der Waals surface area contributed by atoms with Crippen molar-refractivity contribution in [3.8, 4) is 0 Å². The molecule has 8 heteroatoms. The van der Waals surface area contributed by atoms with E-state index in [1.54, 1.807) is 23.9 Å². The van der Waals surface area contributed by atoms with Crippen LogP contribution in [-0.4, -0.2) is 33.2 Å². The molecule has 3 amide bonds. The van der Waals surface area contributed by atoms with E-state index in [1.165, 1.54) is 11.8 Å². The van der Waals surface area contributed by atoms with Crippen molar-refractivity contribution in [3.63, 3.8) is 0 Å². The quantitative estimate of drug-likeness (QED) is 0.593. The highest BCUT2D eigenvalue weighted by Crippen LogP contribution is 2.34. The summed E-state index contributed by atoms with van der Waals surface area (Å²) in [5, 5.41) is 12.8. The third kappa shape index (κ3) is 4.69. The van der Waals surface area contributed by atoms with Gasteiger partial charge in [0.25, 0.3) is 0 Å². The summed E-state index contributed by atoms with van der Waals surface area (Å²) >= 11 is 1.23. The summed E-state index contributed by atoms with van der Waals surface area (Å²) in [6.45, 7) is 6.45. The molecule has 126 valence electrons. The number of allylic oxidation sites excluding steroid dienone is 1. The number of carbonyl (C=O) groups excluding carboxylic acids is 2. The molecular weight excluding hydrogens is 326 g/mol. The first-order valence-electron chi connectivity index (χ1n) is 7.44. The summed E-state index contributed by atoms with van der Waals surface area (Å²) in [5.41, 5.74) is 0.775. The number of thioether (sulfide) groups is 1. The minimum Gasteiger partial charge on any atom is -0.338 e. The van der Waals surface area contributed by atoms with Crippen molar-refractivity contribution in [2.75, 3.05) is 6.54 Å². The van der Waals surface area contributed by atoms with E-state index >= 15 is 0 Å². The molecule has 0 saturated heterocycles. The Labute approximate surface area is 144 Å². The van der Waals surface area contributed by atoms with Crippen molar-refractivity contribution in [1.29, 1.82) is 0 Å². The van der Waals surface area contributed by atoms with Crippen molar-refractivity contribution < 1.29 is 9.59 Å². The second-order valence-corrected chi connectivity index (χ2v) is 5.88. The van der Waals surface area contributed by atoms with E-state index in [2.05, 4.69) is 27.4 Å². The van der Waals surface area contributed by atoms with Crippen LogP contribution in [0.5, 0.6) is 0 Å². The molecule has 0 spiro atoms. The molecule has 1 aromatic carbocycles. The number of benzene rings is 1. The monoisotopic (exact) mass is 345 g/mol. The first-order chi connectivity index (χ1) is 11.7. The number of aromatic nitrogens is 3. The van der Waals surface area contributed by atoms with Gasteiger partial charge in [0.05, 0.1) is 0 Å². The lowest BCUT2D eigenvalue weighted by Gasteiger charge is -2.16.